The number of carbonyl (C=O) groups excluding carboxylic acids is 1. The lowest BCUT2D eigenvalue weighted by molar-refractivity contribution is -0.117. The average Bonchev–Trinajstić information content (AvgIpc) is 2.00. The molecule has 1 N–H and O–H groups in total. The summed E-state index contributed by atoms with van der Waals surface area (Å²) in [7, 11) is 0. The summed E-state index contributed by atoms with van der Waals surface area (Å²) in [5.41, 5.74) is 0.695. The predicted octanol–water partition coefficient (Wildman–Crippen LogP) is 1.87. The second kappa shape index (κ2) is 5.96. The summed E-state index contributed by atoms with van der Waals surface area (Å²) in [6.07, 6.45) is 2.76. The molecule has 64 valence electrons. The molecule has 0 aromatic carbocycles. The Morgan fingerprint density at radius 2 is 2.00 bits per heavy atom. The van der Waals surface area contributed by atoms with E-state index in [1.165, 1.54) is 0 Å². The molecule has 0 spiro atoms. The van der Waals surface area contributed by atoms with E-state index in [4.69, 9.17) is 0 Å². The fourth-order valence-electron chi connectivity index (χ4n) is 0.779. The van der Waals surface area contributed by atoms with Crippen molar-refractivity contribution in [2.45, 2.75) is 33.1 Å². The maximum absolute atomic E-state index is 11.1. The van der Waals surface area contributed by atoms with Gasteiger partial charge < -0.3 is 5.32 Å². The van der Waals surface area contributed by atoms with Crippen molar-refractivity contribution >= 4 is 5.91 Å². The van der Waals surface area contributed by atoms with Crippen LogP contribution in [0.1, 0.15) is 33.1 Å². The van der Waals surface area contributed by atoms with Crippen LogP contribution in [0.5, 0.6) is 0 Å². The first kappa shape index (κ1) is 10.2. The summed E-state index contributed by atoms with van der Waals surface area (Å²) in [5, 5.41) is 2.78. The smallest absolute Gasteiger partial charge is 0.246 e. The lowest BCUT2D eigenvalue weighted by Crippen LogP contribution is -2.25. The second-order valence-electron chi connectivity index (χ2n) is 2.61. The molecule has 0 bridgehead atoms. The molecular weight excluding hydrogens is 138 g/mol. The Labute approximate surface area is 68.7 Å². The molecule has 0 saturated carbocycles. The van der Waals surface area contributed by atoms with Gasteiger partial charge >= 0.3 is 0 Å². The van der Waals surface area contributed by atoms with Crippen molar-refractivity contribution in [3.8, 4) is 0 Å². The first-order valence-electron chi connectivity index (χ1n) is 4.18. The molecule has 0 fully saturated rings. The van der Waals surface area contributed by atoms with Crippen LogP contribution < -0.4 is 5.32 Å². The minimum absolute atomic E-state index is 0.00806. The van der Waals surface area contributed by atoms with E-state index in [-0.39, 0.29) is 5.91 Å². The topological polar surface area (TPSA) is 29.1 Å². The van der Waals surface area contributed by atoms with Crippen molar-refractivity contribution in [2.24, 2.45) is 0 Å². The van der Waals surface area contributed by atoms with Gasteiger partial charge in [0.15, 0.2) is 0 Å². The summed E-state index contributed by atoms with van der Waals surface area (Å²) in [6, 6.07) is 0. The van der Waals surface area contributed by atoms with Crippen molar-refractivity contribution in [3.63, 3.8) is 0 Å². The molecule has 0 saturated heterocycles. The quantitative estimate of drug-likeness (QED) is 0.603. The van der Waals surface area contributed by atoms with Crippen LogP contribution in [-0.2, 0) is 4.79 Å². The summed E-state index contributed by atoms with van der Waals surface area (Å²) < 4.78 is 0. The Balaban J connectivity index is 3.56. The Kier molecular flexibility index (Phi) is 5.53. The standard InChI is InChI=1S/C9H17NO/c1-4-6-8(3)9(11)10-7-5-2/h3-7H2,1-2H3,(H,10,11). The van der Waals surface area contributed by atoms with E-state index in [1.807, 2.05) is 13.8 Å². The largest absolute Gasteiger partial charge is 0.352 e. The highest BCUT2D eigenvalue weighted by Crippen LogP contribution is 2.00. The molecule has 0 heterocycles. The van der Waals surface area contributed by atoms with Crippen molar-refractivity contribution < 1.29 is 4.79 Å². The molecule has 0 aromatic rings. The van der Waals surface area contributed by atoms with Crippen molar-refractivity contribution in [2.75, 3.05) is 6.54 Å². The van der Waals surface area contributed by atoms with Gasteiger partial charge in [0.05, 0.1) is 0 Å². The van der Waals surface area contributed by atoms with Crippen LogP contribution in [0.2, 0.25) is 0 Å². The number of hydrogen-bond donors (Lipinski definition) is 1. The van der Waals surface area contributed by atoms with Crippen molar-refractivity contribution in [3.05, 3.63) is 12.2 Å². The van der Waals surface area contributed by atoms with E-state index >= 15 is 0 Å². The van der Waals surface area contributed by atoms with Gasteiger partial charge in [0.2, 0.25) is 5.91 Å². The molecule has 0 radical (unpaired) electrons. The van der Waals surface area contributed by atoms with Crippen LogP contribution in [0.4, 0.5) is 0 Å². The third-order valence-corrected chi connectivity index (χ3v) is 1.41. The van der Waals surface area contributed by atoms with Gasteiger partial charge in [-0.2, -0.15) is 0 Å². The molecule has 2 nitrogen and oxygen atoms in total. The van der Waals surface area contributed by atoms with Crippen LogP contribution in [0.15, 0.2) is 12.2 Å². The summed E-state index contributed by atoms with van der Waals surface area (Å²) >= 11 is 0. The van der Waals surface area contributed by atoms with E-state index in [2.05, 4.69) is 11.9 Å². The first-order valence-corrected chi connectivity index (χ1v) is 4.18. The van der Waals surface area contributed by atoms with E-state index in [0.717, 1.165) is 25.8 Å². The minimum atomic E-state index is 0.00806. The van der Waals surface area contributed by atoms with E-state index < -0.39 is 0 Å². The molecule has 0 aliphatic rings. The predicted molar refractivity (Wildman–Crippen MR) is 47.3 cm³/mol. The highest BCUT2D eigenvalue weighted by molar-refractivity contribution is 5.92. The Hall–Kier alpha value is -0.790. The number of hydrogen-bond acceptors (Lipinski definition) is 1. The van der Waals surface area contributed by atoms with Gasteiger partial charge in [0, 0.05) is 12.1 Å². The summed E-state index contributed by atoms with van der Waals surface area (Å²) in [5.74, 6) is 0.00806. The van der Waals surface area contributed by atoms with Gasteiger partial charge in [0.25, 0.3) is 0 Å². The molecule has 1 amide bonds. The first-order chi connectivity index (χ1) is 5.22. The van der Waals surface area contributed by atoms with E-state index in [9.17, 15) is 4.79 Å². The molecule has 2 heteroatoms. The maximum atomic E-state index is 11.1. The molecule has 0 aliphatic heterocycles. The Morgan fingerprint density at radius 1 is 1.36 bits per heavy atom. The number of amides is 1. The van der Waals surface area contributed by atoms with Gasteiger partial charge in [0.1, 0.15) is 0 Å². The van der Waals surface area contributed by atoms with Crippen LogP contribution in [0.3, 0.4) is 0 Å². The monoisotopic (exact) mass is 155 g/mol. The van der Waals surface area contributed by atoms with Crippen LogP contribution in [0, 0.1) is 0 Å². The highest BCUT2D eigenvalue weighted by Gasteiger charge is 2.02. The maximum Gasteiger partial charge on any atom is 0.246 e. The number of nitrogens with one attached hydrogen (secondary N) is 1. The molecule has 11 heavy (non-hydrogen) atoms. The van der Waals surface area contributed by atoms with Gasteiger partial charge in [-0.15, -0.1) is 0 Å². The zero-order valence-electron chi connectivity index (χ0n) is 7.44. The SMILES string of the molecule is C=C(CCC)C(=O)NCCC. The van der Waals surface area contributed by atoms with Gasteiger partial charge in [-0.3, -0.25) is 4.79 Å². The van der Waals surface area contributed by atoms with Gasteiger partial charge in [-0.1, -0.05) is 26.8 Å². The van der Waals surface area contributed by atoms with Crippen LogP contribution >= 0.6 is 0 Å². The van der Waals surface area contributed by atoms with Gasteiger partial charge in [-0.05, 0) is 12.8 Å². The summed E-state index contributed by atoms with van der Waals surface area (Å²) in [4.78, 5) is 11.1. The lowest BCUT2D eigenvalue weighted by atomic mass is 10.1. The molecule has 0 aliphatic carbocycles. The van der Waals surface area contributed by atoms with Crippen LogP contribution in [-0.4, -0.2) is 12.5 Å². The highest BCUT2D eigenvalue weighted by atomic mass is 16.1. The van der Waals surface area contributed by atoms with Crippen molar-refractivity contribution in [1.82, 2.24) is 5.32 Å². The van der Waals surface area contributed by atoms with E-state index in [0.29, 0.717) is 5.57 Å². The minimum Gasteiger partial charge on any atom is -0.352 e. The summed E-state index contributed by atoms with van der Waals surface area (Å²) in [6.45, 7) is 8.51. The van der Waals surface area contributed by atoms with Gasteiger partial charge in [-0.25, -0.2) is 0 Å². The Morgan fingerprint density at radius 3 is 2.45 bits per heavy atom. The molecular formula is C9H17NO. The number of rotatable bonds is 5. The Bertz CT molecular complexity index is 140. The van der Waals surface area contributed by atoms with Crippen molar-refractivity contribution in [1.29, 1.82) is 0 Å². The third-order valence-electron chi connectivity index (χ3n) is 1.41. The normalized spacial score (nSPS) is 9.27. The fraction of sp³-hybridized carbons (Fsp3) is 0.667. The fourth-order valence-corrected chi connectivity index (χ4v) is 0.779. The molecule has 0 unspecified atom stereocenters. The zero-order valence-corrected chi connectivity index (χ0v) is 7.44. The molecule has 0 atom stereocenters. The lowest BCUT2D eigenvalue weighted by Gasteiger charge is -2.04. The van der Waals surface area contributed by atoms with Crippen LogP contribution in [0.25, 0.3) is 0 Å². The third kappa shape index (κ3) is 4.59. The molecule has 0 aromatic heterocycles. The molecule has 0 rings (SSSR count). The second-order valence-corrected chi connectivity index (χ2v) is 2.61. The zero-order chi connectivity index (χ0) is 8.69. The number of carbonyl (C=O) groups is 1. The average molecular weight is 155 g/mol. The van der Waals surface area contributed by atoms with E-state index in [1.54, 1.807) is 0 Å².